The van der Waals surface area contributed by atoms with E-state index in [1.54, 1.807) is 6.07 Å². The van der Waals surface area contributed by atoms with E-state index in [1.807, 2.05) is 6.07 Å². The molecular weight excluding hydrogens is 396 g/mol. The van der Waals surface area contributed by atoms with Gasteiger partial charge in [-0.2, -0.15) is 0 Å². The molecule has 1 fully saturated rings. The van der Waals surface area contributed by atoms with Gasteiger partial charge in [0.05, 0.1) is 6.61 Å². The second kappa shape index (κ2) is 17.5. The number of ether oxygens (including phenoxy) is 1. The number of carbonyl (C=O) groups excluding carboxylic acids is 2. The molecule has 2 rings (SSSR count). The second-order valence-corrected chi connectivity index (χ2v) is 9.44. The number of carbonyl (C=O) groups is 2. The molecule has 5 heteroatoms. The summed E-state index contributed by atoms with van der Waals surface area (Å²) >= 11 is 1.46. The number of thiophene rings is 1. The van der Waals surface area contributed by atoms with Crippen LogP contribution in [-0.4, -0.2) is 30.1 Å². The SMILES string of the molecule is CCCCCCCC(=O)CCC1CCCC1.CCCc1ccc(C(=O)OCCO)s1. The summed E-state index contributed by atoms with van der Waals surface area (Å²) in [7, 11) is 0. The van der Waals surface area contributed by atoms with Gasteiger partial charge in [0.1, 0.15) is 17.3 Å². The largest absolute Gasteiger partial charge is 0.459 e. The van der Waals surface area contributed by atoms with Crippen LogP contribution in [0.25, 0.3) is 0 Å². The maximum absolute atomic E-state index is 11.6. The van der Waals surface area contributed by atoms with Gasteiger partial charge in [0.15, 0.2) is 0 Å². The number of aliphatic hydroxyl groups is 1. The minimum absolute atomic E-state index is 0.0693. The lowest BCUT2D eigenvalue weighted by Crippen LogP contribution is -2.06. The summed E-state index contributed by atoms with van der Waals surface area (Å²) < 4.78 is 4.79. The number of rotatable bonds is 14. The summed E-state index contributed by atoms with van der Waals surface area (Å²) in [6.45, 7) is 4.27. The fourth-order valence-electron chi connectivity index (χ4n) is 3.79. The zero-order chi connectivity index (χ0) is 22.0. The molecule has 1 aromatic rings. The second-order valence-electron chi connectivity index (χ2n) is 8.27. The smallest absolute Gasteiger partial charge is 0.348 e. The lowest BCUT2D eigenvalue weighted by Gasteiger charge is -2.07. The Hall–Kier alpha value is -1.20. The maximum Gasteiger partial charge on any atom is 0.348 e. The molecule has 172 valence electrons. The Labute approximate surface area is 187 Å². The zero-order valence-corrected chi connectivity index (χ0v) is 19.9. The van der Waals surface area contributed by atoms with Crippen LogP contribution in [0.15, 0.2) is 12.1 Å². The molecule has 1 aliphatic rings. The fourth-order valence-corrected chi connectivity index (χ4v) is 4.80. The Morgan fingerprint density at radius 3 is 2.43 bits per heavy atom. The molecule has 1 N–H and O–H groups in total. The molecule has 1 aliphatic carbocycles. The first-order valence-corrected chi connectivity index (χ1v) is 12.8. The van der Waals surface area contributed by atoms with Crippen molar-refractivity contribution >= 4 is 23.1 Å². The quantitative estimate of drug-likeness (QED) is 0.258. The van der Waals surface area contributed by atoms with Gasteiger partial charge >= 0.3 is 5.97 Å². The molecule has 0 amide bonds. The van der Waals surface area contributed by atoms with Gasteiger partial charge in [0.25, 0.3) is 0 Å². The number of unbranched alkanes of at least 4 members (excludes halogenated alkanes) is 4. The Balaban J connectivity index is 0.000000303. The molecule has 4 nitrogen and oxygen atoms in total. The third-order valence-corrected chi connectivity index (χ3v) is 6.67. The highest BCUT2D eigenvalue weighted by Crippen LogP contribution is 2.28. The molecule has 0 aromatic carbocycles. The highest BCUT2D eigenvalue weighted by atomic mass is 32.1. The highest BCUT2D eigenvalue weighted by molar-refractivity contribution is 7.13. The third kappa shape index (κ3) is 12.5. The summed E-state index contributed by atoms with van der Waals surface area (Å²) in [5.41, 5.74) is 0. The third-order valence-electron chi connectivity index (χ3n) is 5.55. The van der Waals surface area contributed by atoms with E-state index in [0.29, 0.717) is 10.7 Å². The van der Waals surface area contributed by atoms with Gasteiger partial charge in [0, 0.05) is 17.7 Å². The van der Waals surface area contributed by atoms with Crippen LogP contribution < -0.4 is 0 Å². The fraction of sp³-hybridized carbons (Fsp3) is 0.760. The van der Waals surface area contributed by atoms with E-state index in [9.17, 15) is 9.59 Å². The lowest BCUT2D eigenvalue weighted by molar-refractivity contribution is -0.119. The normalized spacial score (nSPS) is 13.7. The van der Waals surface area contributed by atoms with Crippen LogP contribution in [-0.2, 0) is 16.0 Å². The van der Waals surface area contributed by atoms with Crippen molar-refractivity contribution in [1.82, 2.24) is 0 Å². The van der Waals surface area contributed by atoms with E-state index in [1.165, 1.54) is 74.0 Å². The molecular formula is C25H42O4S. The number of hydrogen-bond acceptors (Lipinski definition) is 5. The minimum Gasteiger partial charge on any atom is -0.459 e. The standard InChI is InChI=1S/C15H28O.C10H14O3S/c1-2-3-4-5-6-11-15(16)13-12-14-9-7-8-10-14;1-2-3-8-4-5-9(14-8)10(12)13-7-6-11/h14H,2-13H2,1H3;4-5,11H,2-3,6-7H2,1H3. The van der Waals surface area contributed by atoms with Gasteiger partial charge < -0.3 is 9.84 Å². The summed E-state index contributed by atoms with van der Waals surface area (Å²) in [5.74, 6) is 1.05. The van der Waals surface area contributed by atoms with Gasteiger partial charge in [0.2, 0.25) is 0 Å². The summed E-state index contributed by atoms with van der Waals surface area (Å²) in [6.07, 6.45) is 16.8. The van der Waals surface area contributed by atoms with E-state index in [0.717, 1.165) is 38.0 Å². The summed E-state index contributed by atoms with van der Waals surface area (Å²) in [6, 6.07) is 3.72. The van der Waals surface area contributed by atoms with Gasteiger partial charge in [-0.25, -0.2) is 4.79 Å². The monoisotopic (exact) mass is 438 g/mol. The van der Waals surface area contributed by atoms with Crippen LogP contribution in [0.1, 0.15) is 112 Å². The number of hydrogen-bond donors (Lipinski definition) is 1. The topological polar surface area (TPSA) is 63.6 Å². The molecule has 1 saturated carbocycles. The van der Waals surface area contributed by atoms with Crippen molar-refractivity contribution in [2.24, 2.45) is 5.92 Å². The average Bonchev–Trinajstić information content (AvgIpc) is 3.43. The van der Waals surface area contributed by atoms with E-state index in [4.69, 9.17) is 9.84 Å². The number of Topliss-reactive ketones (excluding diaryl/α,β-unsaturated/α-hetero) is 1. The minimum atomic E-state index is -0.341. The van der Waals surface area contributed by atoms with Crippen molar-refractivity contribution in [2.45, 2.75) is 104 Å². The van der Waals surface area contributed by atoms with Crippen molar-refractivity contribution in [1.29, 1.82) is 0 Å². The van der Waals surface area contributed by atoms with E-state index in [2.05, 4.69) is 13.8 Å². The van der Waals surface area contributed by atoms with Gasteiger partial charge in [-0.3, -0.25) is 4.79 Å². The Morgan fingerprint density at radius 2 is 1.77 bits per heavy atom. The average molecular weight is 439 g/mol. The first-order chi connectivity index (χ1) is 14.6. The van der Waals surface area contributed by atoms with Gasteiger partial charge in [-0.15, -0.1) is 11.3 Å². The zero-order valence-electron chi connectivity index (χ0n) is 19.1. The molecule has 0 bridgehead atoms. The van der Waals surface area contributed by atoms with Crippen LogP contribution in [0, 0.1) is 5.92 Å². The molecule has 1 aromatic heterocycles. The maximum atomic E-state index is 11.6. The summed E-state index contributed by atoms with van der Waals surface area (Å²) in [4.78, 5) is 24.7. The van der Waals surface area contributed by atoms with Crippen molar-refractivity contribution in [3.05, 3.63) is 21.9 Å². The Morgan fingerprint density at radius 1 is 1.03 bits per heavy atom. The van der Waals surface area contributed by atoms with Crippen LogP contribution in [0.4, 0.5) is 0 Å². The first kappa shape index (κ1) is 26.8. The number of aliphatic hydroxyl groups excluding tert-OH is 1. The van der Waals surface area contributed by atoms with Crippen LogP contribution in [0.2, 0.25) is 0 Å². The molecule has 0 atom stereocenters. The van der Waals surface area contributed by atoms with Crippen LogP contribution in [0.5, 0.6) is 0 Å². The molecule has 0 saturated heterocycles. The van der Waals surface area contributed by atoms with Crippen molar-refractivity contribution < 1.29 is 19.4 Å². The van der Waals surface area contributed by atoms with Crippen molar-refractivity contribution in [3.8, 4) is 0 Å². The Bertz CT molecular complexity index is 575. The van der Waals surface area contributed by atoms with E-state index >= 15 is 0 Å². The van der Waals surface area contributed by atoms with Crippen molar-refractivity contribution in [2.75, 3.05) is 13.2 Å². The highest BCUT2D eigenvalue weighted by Gasteiger charge is 2.15. The predicted molar refractivity (Wildman–Crippen MR) is 125 cm³/mol. The molecule has 0 unspecified atom stereocenters. The summed E-state index contributed by atoms with van der Waals surface area (Å²) in [5, 5.41) is 8.48. The Kier molecular flexibility index (Phi) is 15.6. The van der Waals surface area contributed by atoms with Gasteiger partial charge in [-0.1, -0.05) is 71.6 Å². The number of aryl methyl sites for hydroxylation is 1. The van der Waals surface area contributed by atoms with E-state index < -0.39 is 0 Å². The van der Waals surface area contributed by atoms with Crippen LogP contribution >= 0.6 is 11.3 Å². The predicted octanol–water partition coefficient (Wildman–Crippen LogP) is 6.74. The van der Waals surface area contributed by atoms with Gasteiger partial charge in [-0.05, 0) is 37.3 Å². The van der Waals surface area contributed by atoms with Crippen LogP contribution in [0.3, 0.4) is 0 Å². The first-order valence-electron chi connectivity index (χ1n) is 12.0. The van der Waals surface area contributed by atoms with E-state index in [-0.39, 0.29) is 19.2 Å². The molecule has 30 heavy (non-hydrogen) atoms. The molecule has 0 spiro atoms. The number of ketones is 1. The lowest BCUT2D eigenvalue weighted by atomic mass is 9.98. The molecule has 0 aliphatic heterocycles. The van der Waals surface area contributed by atoms with Crippen molar-refractivity contribution in [3.63, 3.8) is 0 Å². The number of esters is 1. The molecule has 1 heterocycles. The molecule has 0 radical (unpaired) electrons.